The maximum absolute atomic E-state index is 11.8. The van der Waals surface area contributed by atoms with Crippen LogP contribution in [0.4, 0.5) is 0 Å². The molecule has 0 spiro atoms. The fraction of sp³-hybridized carbons (Fsp3) is 0.562. The van der Waals surface area contributed by atoms with Gasteiger partial charge in [-0.1, -0.05) is 30.3 Å². The van der Waals surface area contributed by atoms with Gasteiger partial charge in [0.1, 0.15) is 5.54 Å². The van der Waals surface area contributed by atoms with Gasteiger partial charge in [-0.2, -0.15) is 0 Å². The Hall–Kier alpha value is -1.43. The lowest BCUT2D eigenvalue weighted by Crippen LogP contribution is -2.61. The highest BCUT2D eigenvalue weighted by Crippen LogP contribution is 2.23. The zero-order chi connectivity index (χ0) is 15.1. The molecule has 1 heterocycles. The first-order chi connectivity index (χ1) is 10.2. The summed E-state index contributed by atoms with van der Waals surface area (Å²) in [4.78, 5) is 14.2. The van der Waals surface area contributed by atoms with Crippen molar-refractivity contribution in [2.45, 2.75) is 24.9 Å². The van der Waals surface area contributed by atoms with E-state index in [1.54, 1.807) is 7.11 Å². The number of nitrogens with one attached hydrogen (secondary N) is 1. The van der Waals surface area contributed by atoms with Gasteiger partial charge in [-0.25, -0.2) is 0 Å². The number of carbonyl (C=O) groups is 1. The minimum absolute atomic E-state index is 0.252. The molecular weight excluding hydrogens is 266 g/mol. The number of ether oxygens (including phenoxy) is 1. The maximum atomic E-state index is 11.8. The molecule has 3 N–H and O–H groups in total. The number of benzene rings is 1. The average Bonchev–Trinajstić information content (AvgIpc) is 2.50. The molecule has 5 heteroatoms. The van der Waals surface area contributed by atoms with Crippen molar-refractivity contribution in [3.05, 3.63) is 35.9 Å². The second-order valence-electron chi connectivity index (χ2n) is 5.63. The Morgan fingerprint density at radius 3 is 2.57 bits per heavy atom. The van der Waals surface area contributed by atoms with Gasteiger partial charge in [-0.3, -0.25) is 9.69 Å². The fourth-order valence-electron chi connectivity index (χ4n) is 2.84. The zero-order valence-electron chi connectivity index (χ0n) is 12.7. The predicted molar refractivity (Wildman–Crippen MR) is 82.8 cm³/mol. The second-order valence-corrected chi connectivity index (χ2v) is 5.63. The molecule has 2 rings (SSSR count). The number of piperidine rings is 1. The van der Waals surface area contributed by atoms with Crippen molar-refractivity contribution < 1.29 is 9.53 Å². The minimum Gasteiger partial charge on any atom is -0.383 e. The molecule has 0 unspecified atom stereocenters. The lowest BCUT2D eigenvalue weighted by atomic mass is 9.86. The Balaban J connectivity index is 1.88. The summed E-state index contributed by atoms with van der Waals surface area (Å²) in [5, 5.41) is 3.29. The van der Waals surface area contributed by atoms with Gasteiger partial charge >= 0.3 is 0 Å². The number of hydrogen-bond donors (Lipinski definition) is 2. The van der Waals surface area contributed by atoms with Gasteiger partial charge in [0.15, 0.2) is 0 Å². The van der Waals surface area contributed by atoms with Gasteiger partial charge in [0.2, 0.25) is 5.91 Å². The molecule has 1 aromatic carbocycles. The average molecular weight is 291 g/mol. The van der Waals surface area contributed by atoms with Crippen LogP contribution in [0.3, 0.4) is 0 Å². The van der Waals surface area contributed by atoms with Crippen LogP contribution >= 0.6 is 0 Å². The van der Waals surface area contributed by atoms with E-state index in [1.807, 2.05) is 6.07 Å². The van der Waals surface area contributed by atoms with Crippen LogP contribution < -0.4 is 11.1 Å². The molecule has 5 nitrogen and oxygen atoms in total. The molecule has 1 aromatic rings. The Labute approximate surface area is 126 Å². The monoisotopic (exact) mass is 291 g/mol. The van der Waals surface area contributed by atoms with E-state index in [2.05, 4.69) is 34.5 Å². The highest BCUT2D eigenvalue weighted by molar-refractivity contribution is 5.84. The molecular formula is C16H25N3O2. The van der Waals surface area contributed by atoms with Gasteiger partial charge < -0.3 is 15.8 Å². The van der Waals surface area contributed by atoms with Crippen LogP contribution in [-0.2, 0) is 16.1 Å². The SMILES string of the molecule is COCCNC1(C(N)=O)CCN(Cc2ccccc2)CC1. The summed E-state index contributed by atoms with van der Waals surface area (Å²) >= 11 is 0. The Kier molecular flexibility index (Phi) is 5.73. The number of likely N-dealkylation sites (tertiary alicyclic amines) is 1. The number of carbonyl (C=O) groups excluding carboxylic acids is 1. The number of amides is 1. The molecule has 116 valence electrons. The number of hydrogen-bond acceptors (Lipinski definition) is 4. The summed E-state index contributed by atoms with van der Waals surface area (Å²) in [5.41, 5.74) is 6.35. The van der Waals surface area contributed by atoms with E-state index in [0.717, 1.165) is 32.5 Å². The number of methoxy groups -OCH3 is 1. The van der Waals surface area contributed by atoms with Crippen LogP contribution in [0.25, 0.3) is 0 Å². The number of nitrogens with zero attached hydrogens (tertiary/aromatic N) is 1. The highest BCUT2D eigenvalue weighted by atomic mass is 16.5. The molecule has 1 aliphatic heterocycles. The van der Waals surface area contributed by atoms with E-state index < -0.39 is 5.54 Å². The topological polar surface area (TPSA) is 67.6 Å². The molecule has 1 aliphatic rings. The third-order valence-electron chi connectivity index (χ3n) is 4.20. The Bertz CT molecular complexity index is 442. The summed E-state index contributed by atoms with van der Waals surface area (Å²) < 4.78 is 5.03. The molecule has 0 aromatic heterocycles. The van der Waals surface area contributed by atoms with Crippen LogP contribution in [0.2, 0.25) is 0 Å². The zero-order valence-corrected chi connectivity index (χ0v) is 12.7. The smallest absolute Gasteiger partial charge is 0.237 e. The van der Waals surface area contributed by atoms with Crippen molar-refractivity contribution in [2.75, 3.05) is 33.4 Å². The molecule has 0 atom stereocenters. The molecule has 0 saturated carbocycles. The molecule has 0 aliphatic carbocycles. The third kappa shape index (κ3) is 4.27. The van der Waals surface area contributed by atoms with Crippen molar-refractivity contribution in [2.24, 2.45) is 5.73 Å². The van der Waals surface area contributed by atoms with Crippen LogP contribution in [0.5, 0.6) is 0 Å². The lowest BCUT2D eigenvalue weighted by Gasteiger charge is -2.40. The fourth-order valence-corrected chi connectivity index (χ4v) is 2.84. The highest BCUT2D eigenvalue weighted by Gasteiger charge is 2.39. The molecule has 1 amide bonds. The Morgan fingerprint density at radius 2 is 2.00 bits per heavy atom. The largest absolute Gasteiger partial charge is 0.383 e. The molecule has 0 radical (unpaired) electrons. The van der Waals surface area contributed by atoms with Crippen molar-refractivity contribution in [3.63, 3.8) is 0 Å². The van der Waals surface area contributed by atoms with E-state index in [9.17, 15) is 4.79 Å². The van der Waals surface area contributed by atoms with E-state index in [-0.39, 0.29) is 5.91 Å². The predicted octanol–water partition coefficient (Wildman–Crippen LogP) is 0.743. The summed E-state index contributed by atoms with van der Waals surface area (Å²) in [7, 11) is 1.65. The molecule has 1 fully saturated rings. The Morgan fingerprint density at radius 1 is 1.33 bits per heavy atom. The van der Waals surface area contributed by atoms with Crippen LogP contribution in [-0.4, -0.2) is 49.7 Å². The van der Waals surface area contributed by atoms with E-state index in [4.69, 9.17) is 10.5 Å². The second kappa shape index (κ2) is 7.54. The first-order valence-electron chi connectivity index (χ1n) is 7.46. The van der Waals surface area contributed by atoms with Gasteiger partial charge in [0.25, 0.3) is 0 Å². The number of rotatable bonds is 7. The number of nitrogens with two attached hydrogens (primary N) is 1. The normalized spacial score (nSPS) is 18.5. The first kappa shape index (κ1) is 15.9. The number of primary amides is 1. The van der Waals surface area contributed by atoms with Gasteiger partial charge in [-0.05, 0) is 18.4 Å². The van der Waals surface area contributed by atoms with Crippen LogP contribution in [0, 0.1) is 0 Å². The van der Waals surface area contributed by atoms with Crippen LogP contribution in [0.1, 0.15) is 18.4 Å². The maximum Gasteiger partial charge on any atom is 0.237 e. The van der Waals surface area contributed by atoms with Gasteiger partial charge in [-0.15, -0.1) is 0 Å². The summed E-state index contributed by atoms with van der Waals surface area (Å²) in [6, 6.07) is 10.4. The van der Waals surface area contributed by atoms with Gasteiger partial charge in [0, 0.05) is 33.3 Å². The van der Waals surface area contributed by atoms with Crippen molar-refractivity contribution >= 4 is 5.91 Å². The van der Waals surface area contributed by atoms with Crippen molar-refractivity contribution in [1.82, 2.24) is 10.2 Å². The van der Waals surface area contributed by atoms with E-state index in [1.165, 1.54) is 5.56 Å². The quantitative estimate of drug-likeness (QED) is 0.727. The van der Waals surface area contributed by atoms with E-state index >= 15 is 0 Å². The minimum atomic E-state index is -0.578. The third-order valence-corrected chi connectivity index (χ3v) is 4.20. The van der Waals surface area contributed by atoms with E-state index in [0.29, 0.717) is 13.2 Å². The standard InChI is InChI=1S/C16H25N3O2/c1-21-12-9-18-16(15(17)20)7-10-19(11-8-16)13-14-5-3-2-4-6-14/h2-6,18H,7-13H2,1H3,(H2,17,20). The van der Waals surface area contributed by atoms with Crippen molar-refractivity contribution in [3.8, 4) is 0 Å². The summed E-state index contributed by atoms with van der Waals surface area (Å²) in [6.07, 6.45) is 1.50. The molecule has 0 bridgehead atoms. The molecule has 1 saturated heterocycles. The lowest BCUT2D eigenvalue weighted by molar-refractivity contribution is -0.126. The van der Waals surface area contributed by atoms with Crippen molar-refractivity contribution in [1.29, 1.82) is 0 Å². The van der Waals surface area contributed by atoms with Gasteiger partial charge in [0.05, 0.1) is 6.61 Å². The first-order valence-corrected chi connectivity index (χ1v) is 7.46. The summed E-state index contributed by atoms with van der Waals surface area (Å²) in [5.74, 6) is -0.252. The van der Waals surface area contributed by atoms with Crippen LogP contribution in [0.15, 0.2) is 30.3 Å². The summed E-state index contributed by atoms with van der Waals surface area (Å²) in [6.45, 7) is 3.91. The molecule has 21 heavy (non-hydrogen) atoms.